The lowest BCUT2D eigenvalue weighted by molar-refractivity contribution is 0.0383. The van der Waals surface area contributed by atoms with E-state index in [1.165, 1.54) is 24.8 Å². The predicted octanol–water partition coefficient (Wildman–Crippen LogP) is 4.51. The Balaban J connectivity index is 1.20. The standard InChI is InChI=1S/C22H26ClN3O/c23-20-8-4-5-9-21(20)24-22(27)26-15-19(16-26)25-12-10-18(11-13-25)14-17-6-2-1-3-7-17/h1-9,18-19H,10-16H2,(H,24,27). The number of para-hydroxylation sites is 1. The number of piperidine rings is 1. The monoisotopic (exact) mass is 383 g/mol. The Labute approximate surface area is 166 Å². The number of likely N-dealkylation sites (tertiary alicyclic amines) is 2. The van der Waals surface area contributed by atoms with Gasteiger partial charge in [0.05, 0.1) is 10.7 Å². The topological polar surface area (TPSA) is 35.6 Å². The van der Waals surface area contributed by atoms with Crippen molar-refractivity contribution < 1.29 is 4.79 Å². The number of carbonyl (C=O) groups excluding carboxylic acids is 1. The number of benzene rings is 2. The molecule has 5 heteroatoms. The van der Waals surface area contributed by atoms with Gasteiger partial charge in [-0.3, -0.25) is 4.90 Å². The Hall–Kier alpha value is -2.04. The minimum Gasteiger partial charge on any atom is -0.321 e. The fourth-order valence-corrected chi connectivity index (χ4v) is 4.26. The number of hydrogen-bond donors (Lipinski definition) is 1. The first kappa shape index (κ1) is 18.3. The van der Waals surface area contributed by atoms with Crippen LogP contribution in [0.4, 0.5) is 10.5 Å². The lowest BCUT2D eigenvalue weighted by atomic mass is 9.89. The van der Waals surface area contributed by atoms with Crippen molar-refractivity contribution in [1.29, 1.82) is 0 Å². The summed E-state index contributed by atoms with van der Waals surface area (Å²) >= 11 is 6.11. The molecule has 2 saturated heterocycles. The number of rotatable bonds is 4. The Morgan fingerprint density at radius 3 is 2.37 bits per heavy atom. The van der Waals surface area contributed by atoms with E-state index in [2.05, 4.69) is 40.5 Å². The van der Waals surface area contributed by atoms with E-state index in [0.29, 0.717) is 16.8 Å². The summed E-state index contributed by atoms with van der Waals surface area (Å²) in [5, 5.41) is 3.48. The van der Waals surface area contributed by atoms with Gasteiger partial charge in [-0.25, -0.2) is 4.79 Å². The number of hydrogen-bond acceptors (Lipinski definition) is 2. The Morgan fingerprint density at radius 1 is 1.00 bits per heavy atom. The minimum absolute atomic E-state index is 0.0571. The third-order valence-corrected chi connectivity index (χ3v) is 6.13. The van der Waals surface area contributed by atoms with Crippen molar-refractivity contribution in [3.8, 4) is 0 Å². The maximum atomic E-state index is 12.4. The quantitative estimate of drug-likeness (QED) is 0.843. The molecule has 0 aliphatic carbocycles. The van der Waals surface area contributed by atoms with Crippen molar-refractivity contribution in [2.24, 2.45) is 5.92 Å². The number of carbonyl (C=O) groups is 1. The van der Waals surface area contributed by atoms with Crippen LogP contribution in [-0.2, 0) is 6.42 Å². The molecule has 2 aromatic rings. The molecule has 1 N–H and O–H groups in total. The van der Waals surface area contributed by atoms with Gasteiger partial charge in [0, 0.05) is 19.1 Å². The number of amides is 2. The number of anilines is 1. The van der Waals surface area contributed by atoms with Crippen LogP contribution in [0.15, 0.2) is 54.6 Å². The predicted molar refractivity (Wildman–Crippen MR) is 110 cm³/mol. The van der Waals surface area contributed by atoms with Gasteiger partial charge in [0.25, 0.3) is 0 Å². The molecule has 0 spiro atoms. The highest BCUT2D eigenvalue weighted by Crippen LogP contribution is 2.27. The molecular weight excluding hydrogens is 358 g/mol. The summed E-state index contributed by atoms with van der Waals surface area (Å²) in [4.78, 5) is 16.8. The highest BCUT2D eigenvalue weighted by atomic mass is 35.5. The Bertz CT molecular complexity index is 768. The van der Waals surface area contributed by atoms with Gasteiger partial charge in [-0.2, -0.15) is 0 Å². The highest BCUT2D eigenvalue weighted by Gasteiger charge is 2.36. The van der Waals surface area contributed by atoms with Gasteiger partial charge >= 0.3 is 6.03 Å². The summed E-state index contributed by atoms with van der Waals surface area (Å²) in [6.45, 7) is 3.89. The van der Waals surface area contributed by atoms with Gasteiger partial charge in [0.1, 0.15) is 0 Å². The van der Waals surface area contributed by atoms with Gasteiger partial charge in [-0.05, 0) is 56.0 Å². The number of urea groups is 1. The average molecular weight is 384 g/mol. The SMILES string of the molecule is O=C(Nc1ccccc1Cl)N1CC(N2CCC(Cc3ccccc3)CC2)C1. The zero-order valence-corrected chi connectivity index (χ0v) is 16.2. The van der Waals surface area contributed by atoms with Gasteiger partial charge in [-0.1, -0.05) is 54.1 Å². The van der Waals surface area contributed by atoms with Gasteiger partial charge in [0.15, 0.2) is 0 Å². The molecule has 2 amide bonds. The highest BCUT2D eigenvalue weighted by molar-refractivity contribution is 6.33. The molecule has 0 saturated carbocycles. The molecule has 2 fully saturated rings. The van der Waals surface area contributed by atoms with E-state index in [-0.39, 0.29) is 6.03 Å². The second-order valence-electron chi connectivity index (χ2n) is 7.64. The maximum Gasteiger partial charge on any atom is 0.321 e. The van der Waals surface area contributed by atoms with E-state index in [4.69, 9.17) is 11.6 Å². The zero-order chi connectivity index (χ0) is 18.6. The van der Waals surface area contributed by atoms with Gasteiger partial charge < -0.3 is 10.2 Å². The molecule has 2 heterocycles. The fourth-order valence-electron chi connectivity index (χ4n) is 4.08. The van der Waals surface area contributed by atoms with Crippen molar-refractivity contribution >= 4 is 23.3 Å². The second-order valence-corrected chi connectivity index (χ2v) is 8.05. The summed E-state index contributed by atoms with van der Waals surface area (Å²) in [6.07, 6.45) is 3.68. The van der Waals surface area contributed by atoms with Crippen molar-refractivity contribution in [3.63, 3.8) is 0 Å². The minimum atomic E-state index is -0.0571. The molecule has 0 aromatic heterocycles. The van der Waals surface area contributed by atoms with Crippen molar-refractivity contribution in [3.05, 3.63) is 65.2 Å². The van der Waals surface area contributed by atoms with Crippen LogP contribution in [0.25, 0.3) is 0 Å². The van der Waals surface area contributed by atoms with E-state index in [0.717, 1.165) is 32.1 Å². The largest absolute Gasteiger partial charge is 0.321 e. The molecule has 2 aliphatic heterocycles. The molecule has 0 radical (unpaired) electrons. The molecule has 0 atom stereocenters. The van der Waals surface area contributed by atoms with Gasteiger partial charge in [0.2, 0.25) is 0 Å². The summed E-state index contributed by atoms with van der Waals surface area (Å²) in [5.41, 5.74) is 2.12. The van der Waals surface area contributed by atoms with E-state index >= 15 is 0 Å². The normalized spacial score (nSPS) is 18.9. The molecular formula is C22H26ClN3O. The van der Waals surface area contributed by atoms with Crippen molar-refractivity contribution in [2.45, 2.75) is 25.3 Å². The third kappa shape index (κ3) is 4.45. The van der Waals surface area contributed by atoms with Crippen LogP contribution < -0.4 is 5.32 Å². The second kappa shape index (κ2) is 8.32. The number of nitrogens with one attached hydrogen (secondary N) is 1. The number of nitrogens with zero attached hydrogens (tertiary/aromatic N) is 2. The van der Waals surface area contributed by atoms with Crippen LogP contribution in [0.1, 0.15) is 18.4 Å². The molecule has 4 nitrogen and oxygen atoms in total. The first-order valence-corrected chi connectivity index (χ1v) is 10.2. The summed E-state index contributed by atoms with van der Waals surface area (Å²) in [7, 11) is 0. The lowest BCUT2D eigenvalue weighted by Gasteiger charge is -2.47. The molecule has 27 heavy (non-hydrogen) atoms. The van der Waals surface area contributed by atoms with E-state index in [1.807, 2.05) is 23.1 Å². The van der Waals surface area contributed by atoms with Gasteiger partial charge in [-0.15, -0.1) is 0 Å². The molecule has 2 aromatic carbocycles. The van der Waals surface area contributed by atoms with E-state index < -0.39 is 0 Å². The average Bonchev–Trinajstić information content (AvgIpc) is 2.65. The van der Waals surface area contributed by atoms with Crippen LogP contribution in [-0.4, -0.2) is 48.1 Å². The lowest BCUT2D eigenvalue weighted by Crippen LogP contribution is -2.63. The molecule has 142 valence electrons. The first-order valence-electron chi connectivity index (χ1n) is 9.77. The Kier molecular flexibility index (Phi) is 5.65. The van der Waals surface area contributed by atoms with Crippen molar-refractivity contribution in [1.82, 2.24) is 9.80 Å². The van der Waals surface area contributed by atoms with Crippen LogP contribution in [0.2, 0.25) is 5.02 Å². The Morgan fingerprint density at radius 2 is 1.67 bits per heavy atom. The summed E-state index contributed by atoms with van der Waals surface area (Å²) in [6, 6.07) is 18.6. The molecule has 4 rings (SSSR count). The maximum absolute atomic E-state index is 12.4. The van der Waals surface area contributed by atoms with Crippen LogP contribution in [0.3, 0.4) is 0 Å². The number of halogens is 1. The van der Waals surface area contributed by atoms with Crippen LogP contribution >= 0.6 is 11.6 Å². The molecule has 2 aliphatic rings. The van der Waals surface area contributed by atoms with E-state index in [1.54, 1.807) is 6.07 Å². The first-order chi connectivity index (χ1) is 13.2. The van der Waals surface area contributed by atoms with Crippen LogP contribution in [0.5, 0.6) is 0 Å². The molecule has 0 bridgehead atoms. The summed E-state index contributed by atoms with van der Waals surface area (Å²) in [5.74, 6) is 0.781. The third-order valence-electron chi connectivity index (χ3n) is 5.80. The molecule has 0 unspecified atom stereocenters. The summed E-state index contributed by atoms with van der Waals surface area (Å²) < 4.78 is 0. The van der Waals surface area contributed by atoms with Crippen molar-refractivity contribution in [2.75, 3.05) is 31.5 Å². The smallest absolute Gasteiger partial charge is 0.321 e. The zero-order valence-electron chi connectivity index (χ0n) is 15.5. The van der Waals surface area contributed by atoms with E-state index in [9.17, 15) is 4.79 Å². The van der Waals surface area contributed by atoms with Crippen LogP contribution in [0, 0.1) is 5.92 Å². The fraction of sp³-hybridized carbons (Fsp3) is 0.409.